The van der Waals surface area contributed by atoms with Crippen LogP contribution in [-0.4, -0.2) is 24.2 Å². The molecular formula is C16H21NO3. The fourth-order valence-electron chi connectivity index (χ4n) is 1.79. The van der Waals surface area contributed by atoms with E-state index in [0.29, 0.717) is 0 Å². The van der Waals surface area contributed by atoms with Crippen LogP contribution in [0.25, 0.3) is 10.8 Å². The van der Waals surface area contributed by atoms with Crippen LogP contribution in [0.2, 0.25) is 0 Å². The molecule has 0 heterocycles. The van der Waals surface area contributed by atoms with Crippen molar-refractivity contribution < 1.29 is 14.6 Å². The molecule has 0 saturated heterocycles. The van der Waals surface area contributed by atoms with Gasteiger partial charge in [-0.2, -0.15) is 0 Å². The molecule has 2 N–H and O–H groups in total. The third-order valence-corrected chi connectivity index (χ3v) is 2.62. The molecule has 2 aromatic carbocycles. The maximum atomic E-state index is 11.0. The van der Waals surface area contributed by atoms with Gasteiger partial charge in [-0.1, -0.05) is 24.3 Å². The summed E-state index contributed by atoms with van der Waals surface area (Å²) >= 11 is 0. The zero-order chi connectivity index (χ0) is 15.0. The number of anilines is 1. The van der Waals surface area contributed by atoms with Crippen molar-refractivity contribution in [3.8, 4) is 5.75 Å². The summed E-state index contributed by atoms with van der Waals surface area (Å²) in [5.41, 5.74) is 0.718. The highest BCUT2D eigenvalue weighted by molar-refractivity contribution is 6.03. The second-order valence-corrected chi connectivity index (χ2v) is 4.14. The van der Waals surface area contributed by atoms with E-state index in [-0.39, 0.29) is 11.7 Å². The molecule has 0 aliphatic heterocycles. The van der Waals surface area contributed by atoms with E-state index < -0.39 is 0 Å². The molecule has 0 radical (unpaired) electrons. The van der Waals surface area contributed by atoms with Gasteiger partial charge < -0.3 is 15.2 Å². The van der Waals surface area contributed by atoms with Crippen LogP contribution < -0.4 is 5.32 Å². The molecule has 4 nitrogen and oxygen atoms in total. The van der Waals surface area contributed by atoms with Gasteiger partial charge in [0.15, 0.2) is 0 Å². The van der Waals surface area contributed by atoms with Crippen LogP contribution in [0, 0.1) is 0 Å². The van der Waals surface area contributed by atoms with E-state index in [9.17, 15) is 9.90 Å². The summed E-state index contributed by atoms with van der Waals surface area (Å²) in [6.45, 7) is 7.13. The maximum Gasteiger partial charge on any atom is 0.221 e. The summed E-state index contributed by atoms with van der Waals surface area (Å²) in [7, 11) is 0. The topological polar surface area (TPSA) is 58.6 Å². The summed E-state index contributed by atoms with van der Waals surface area (Å²) in [4.78, 5) is 11.0. The molecule has 0 bridgehead atoms. The van der Waals surface area contributed by atoms with Crippen molar-refractivity contribution in [3.63, 3.8) is 0 Å². The Morgan fingerprint density at radius 3 is 2.20 bits per heavy atom. The molecule has 108 valence electrons. The average Bonchev–Trinajstić information content (AvgIpc) is 2.44. The van der Waals surface area contributed by atoms with E-state index in [4.69, 9.17) is 4.74 Å². The Morgan fingerprint density at radius 1 is 1.10 bits per heavy atom. The van der Waals surface area contributed by atoms with E-state index in [2.05, 4.69) is 5.32 Å². The molecule has 1 amide bonds. The molecule has 2 rings (SSSR count). The minimum absolute atomic E-state index is 0.120. The van der Waals surface area contributed by atoms with Crippen LogP contribution in [0.4, 0.5) is 5.69 Å². The van der Waals surface area contributed by atoms with Crippen LogP contribution in [0.15, 0.2) is 36.4 Å². The van der Waals surface area contributed by atoms with Gasteiger partial charge in [-0.05, 0) is 26.0 Å². The molecule has 4 heteroatoms. The smallest absolute Gasteiger partial charge is 0.221 e. The molecule has 0 aromatic heterocycles. The van der Waals surface area contributed by atoms with Crippen molar-refractivity contribution in [2.24, 2.45) is 0 Å². The Morgan fingerprint density at radius 2 is 1.70 bits per heavy atom. The first-order valence-corrected chi connectivity index (χ1v) is 6.66. The molecule has 0 atom stereocenters. The molecule has 0 aliphatic carbocycles. The largest absolute Gasteiger partial charge is 0.507 e. The molecule has 0 aliphatic rings. The van der Waals surface area contributed by atoms with Gasteiger partial charge in [0, 0.05) is 36.6 Å². The van der Waals surface area contributed by atoms with Crippen LogP contribution in [0.1, 0.15) is 20.8 Å². The lowest BCUT2D eigenvalue weighted by molar-refractivity contribution is -0.114. The number of hydrogen-bond acceptors (Lipinski definition) is 3. The summed E-state index contributed by atoms with van der Waals surface area (Å²) in [5, 5.41) is 13.9. The first-order valence-electron chi connectivity index (χ1n) is 6.66. The van der Waals surface area contributed by atoms with Gasteiger partial charge in [-0.15, -0.1) is 0 Å². The lowest BCUT2D eigenvalue weighted by atomic mass is 10.1. The van der Waals surface area contributed by atoms with Crippen LogP contribution in [0.5, 0.6) is 5.75 Å². The van der Waals surface area contributed by atoms with Crippen molar-refractivity contribution in [1.29, 1.82) is 0 Å². The number of carbonyl (C=O) groups is 1. The highest BCUT2D eigenvalue weighted by atomic mass is 16.5. The van der Waals surface area contributed by atoms with Gasteiger partial charge >= 0.3 is 0 Å². The van der Waals surface area contributed by atoms with Crippen molar-refractivity contribution in [2.45, 2.75) is 20.8 Å². The standard InChI is InChI=1S/C12H11NO2.C4H10O/c1-8(14)13-11-6-7-12(15)10-5-3-2-4-9(10)11;1-3-5-4-2/h2-7,15H,1H3,(H,13,14);3-4H2,1-2H3. The molecule has 0 fully saturated rings. The fourth-order valence-corrected chi connectivity index (χ4v) is 1.79. The number of nitrogens with one attached hydrogen (secondary N) is 1. The number of phenolic OH excluding ortho intramolecular Hbond substituents is 1. The number of fused-ring (bicyclic) bond motifs is 1. The Kier molecular flexibility index (Phi) is 6.53. The lowest BCUT2D eigenvalue weighted by Crippen LogP contribution is -2.05. The van der Waals surface area contributed by atoms with E-state index >= 15 is 0 Å². The SMILES string of the molecule is CC(=O)Nc1ccc(O)c2ccccc12.CCOCC. The van der Waals surface area contributed by atoms with Gasteiger partial charge in [0.05, 0.1) is 0 Å². The first-order chi connectivity index (χ1) is 9.60. The molecule has 0 saturated carbocycles. The van der Waals surface area contributed by atoms with E-state index in [0.717, 1.165) is 29.7 Å². The maximum absolute atomic E-state index is 11.0. The van der Waals surface area contributed by atoms with Gasteiger partial charge in [-0.3, -0.25) is 4.79 Å². The minimum Gasteiger partial charge on any atom is -0.507 e. The third kappa shape index (κ3) is 4.55. The molecule has 2 aromatic rings. The third-order valence-electron chi connectivity index (χ3n) is 2.62. The summed E-state index contributed by atoms with van der Waals surface area (Å²) in [5.74, 6) is 0.102. The Labute approximate surface area is 119 Å². The van der Waals surface area contributed by atoms with E-state index in [1.54, 1.807) is 12.1 Å². The quantitative estimate of drug-likeness (QED) is 0.842. The lowest BCUT2D eigenvalue weighted by Gasteiger charge is -2.07. The Hall–Kier alpha value is -2.07. The van der Waals surface area contributed by atoms with Crippen molar-refractivity contribution in [3.05, 3.63) is 36.4 Å². The van der Waals surface area contributed by atoms with E-state index in [1.165, 1.54) is 6.92 Å². The van der Waals surface area contributed by atoms with Crippen molar-refractivity contribution in [2.75, 3.05) is 18.5 Å². The van der Waals surface area contributed by atoms with Crippen molar-refractivity contribution >= 4 is 22.4 Å². The van der Waals surface area contributed by atoms with Gasteiger partial charge in [0.2, 0.25) is 5.91 Å². The number of ether oxygens (including phenoxy) is 1. The monoisotopic (exact) mass is 275 g/mol. The van der Waals surface area contributed by atoms with Crippen LogP contribution in [-0.2, 0) is 9.53 Å². The van der Waals surface area contributed by atoms with Crippen LogP contribution >= 0.6 is 0 Å². The highest BCUT2D eigenvalue weighted by Crippen LogP contribution is 2.30. The van der Waals surface area contributed by atoms with E-state index in [1.807, 2.05) is 38.1 Å². The number of amides is 1. The highest BCUT2D eigenvalue weighted by Gasteiger charge is 2.04. The summed E-state index contributed by atoms with van der Waals surface area (Å²) in [6, 6.07) is 10.7. The predicted molar refractivity (Wildman–Crippen MR) is 82.1 cm³/mol. The molecule has 0 spiro atoms. The van der Waals surface area contributed by atoms with Gasteiger partial charge in [-0.25, -0.2) is 0 Å². The Balaban J connectivity index is 0.000000347. The molecule has 20 heavy (non-hydrogen) atoms. The van der Waals surface area contributed by atoms with Gasteiger partial charge in [0.25, 0.3) is 0 Å². The number of aromatic hydroxyl groups is 1. The van der Waals surface area contributed by atoms with Crippen molar-refractivity contribution in [1.82, 2.24) is 0 Å². The first kappa shape index (κ1) is 16.0. The zero-order valence-corrected chi connectivity index (χ0v) is 12.1. The number of carbonyl (C=O) groups excluding carboxylic acids is 1. The predicted octanol–water partition coefficient (Wildman–Crippen LogP) is 3.55. The van der Waals surface area contributed by atoms with Gasteiger partial charge in [0.1, 0.15) is 5.75 Å². The normalized spacial score (nSPS) is 9.75. The molecular weight excluding hydrogens is 254 g/mol. The zero-order valence-electron chi connectivity index (χ0n) is 12.1. The number of benzene rings is 2. The minimum atomic E-state index is -0.120. The second-order valence-electron chi connectivity index (χ2n) is 4.14. The fraction of sp³-hybridized carbons (Fsp3) is 0.312. The number of phenols is 1. The number of rotatable bonds is 3. The summed E-state index contributed by atoms with van der Waals surface area (Å²) in [6.07, 6.45) is 0. The second kappa shape index (κ2) is 8.17. The number of hydrogen-bond donors (Lipinski definition) is 2. The Bertz CT molecular complexity index is 565. The average molecular weight is 275 g/mol. The van der Waals surface area contributed by atoms with Crippen LogP contribution in [0.3, 0.4) is 0 Å². The summed E-state index contributed by atoms with van der Waals surface area (Å²) < 4.78 is 4.83. The molecule has 0 unspecified atom stereocenters.